The average Bonchev–Trinajstić information content (AvgIpc) is 3.12. The van der Waals surface area contributed by atoms with Crippen LogP contribution in [0, 0.1) is 21.4 Å². The first-order valence-corrected chi connectivity index (χ1v) is 8.30. The van der Waals surface area contributed by atoms with Crippen LogP contribution >= 0.6 is 12.4 Å². The Labute approximate surface area is 157 Å². The van der Waals surface area contributed by atoms with Gasteiger partial charge in [0.15, 0.2) is 0 Å². The number of amides is 1. The number of carboxylic acid groups (broad SMARTS) is 1. The number of aliphatic carboxylic acids is 1. The molecule has 1 aromatic rings. The summed E-state index contributed by atoms with van der Waals surface area (Å²) in [7, 11) is 1.62. The van der Waals surface area contributed by atoms with E-state index < -0.39 is 16.3 Å². The number of likely N-dealkylation sites (tertiary alicyclic amines) is 1. The van der Waals surface area contributed by atoms with Crippen LogP contribution in [0.3, 0.4) is 0 Å². The summed E-state index contributed by atoms with van der Waals surface area (Å²) >= 11 is 0. The molecule has 1 amide bonds. The Morgan fingerprint density at radius 3 is 2.58 bits per heavy atom. The number of fused-ring (bicyclic) bond motifs is 1. The molecule has 1 aliphatic heterocycles. The molecule has 1 saturated heterocycles. The largest absolute Gasteiger partial charge is 0.481 e. The van der Waals surface area contributed by atoms with Gasteiger partial charge in [-0.15, -0.1) is 12.4 Å². The van der Waals surface area contributed by atoms with Gasteiger partial charge >= 0.3 is 5.97 Å². The highest BCUT2D eigenvalue weighted by Gasteiger charge is 2.54. The van der Waals surface area contributed by atoms with Crippen molar-refractivity contribution < 1.29 is 19.6 Å². The molecule has 0 radical (unpaired) electrons. The van der Waals surface area contributed by atoms with Crippen molar-refractivity contribution in [2.24, 2.45) is 11.3 Å². The van der Waals surface area contributed by atoms with Crippen LogP contribution in [-0.2, 0) is 9.59 Å². The summed E-state index contributed by atoms with van der Waals surface area (Å²) in [6.07, 6.45) is 2.51. The SMILES string of the molecule is CN(C(=O)CN1C[C@@H]2CCC[C@@]2(C(=O)O)C1)c1ccc([N+](=O)[O-])cc1.Cl. The number of hydrogen-bond donors (Lipinski definition) is 1. The molecule has 1 N–H and O–H groups in total. The van der Waals surface area contributed by atoms with Gasteiger partial charge in [0.2, 0.25) is 5.91 Å². The predicted molar refractivity (Wildman–Crippen MR) is 97.6 cm³/mol. The van der Waals surface area contributed by atoms with E-state index in [1.807, 2.05) is 4.90 Å². The van der Waals surface area contributed by atoms with Gasteiger partial charge in [-0.1, -0.05) is 6.42 Å². The summed E-state index contributed by atoms with van der Waals surface area (Å²) in [5.74, 6) is -0.800. The first-order chi connectivity index (χ1) is 11.8. The minimum Gasteiger partial charge on any atom is -0.481 e. The molecule has 0 aromatic heterocycles. The number of anilines is 1. The summed E-state index contributed by atoms with van der Waals surface area (Å²) < 4.78 is 0. The zero-order chi connectivity index (χ0) is 18.2. The van der Waals surface area contributed by atoms with Crippen LogP contribution in [0.15, 0.2) is 24.3 Å². The second-order valence-corrected chi connectivity index (χ2v) is 6.95. The Morgan fingerprint density at radius 2 is 2.04 bits per heavy atom. The van der Waals surface area contributed by atoms with E-state index in [-0.39, 0.29) is 36.5 Å². The van der Waals surface area contributed by atoms with Crippen LogP contribution < -0.4 is 4.90 Å². The Balaban J connectivity index is 0.00000243. The molecule has 0 bridgehead atoms. The standard InChI is InChI=1S/C17H21N3O5.ClH/c1-18(13-4-6-14(7-5-13)20(24)25)15(21)10-19-9-12-3-2-8-17(12,11-19)16(22)23;/h4-7,12H,2-3,8-11H2,1H3,(H,22,23);1H/t12-,17+;/m0./s1. The topological polar surface area (TPSA) is 104 Å². The lowest BCUT2D eigenvalue weighted by Gasteiger charge is -2.24. The Bertz CT molecular complexity index is 711. The maximum Gasteiger partial charge on any atom is 0.311 e. The van der Waals surface area contributed by atoms with Gasteiger partial charge in [-0.2, -0.15) is 0 Å². The lowest BCUT2D eigenvalue weighted by molar-refractivity contribution is -0.384. The Kier molecular flexibility index (Phi) is 5.87. The normalized spacial score (nSPS) is 24.6. The molecule has 1 saturated carbocycles. The molecule has 2 fully saturated rings. The van der Waals surface area contributed by atoms with E-state index in [0.29, 0.717) is 25.2 Å². The summed E-state index contributed by atoms with van der Waals surface area (Å²) in [5.41, 5.74) is -0.157. The second kappa shape index (κ2) is 7.59. The third-order valence-corrected chi connectivity index (χ3v) is 5.55. The third kappa shape index (κ3) is 3.52. The fourth-order valence-electron chi connectivity index (χ4n) is 4.10. The van der Waals surface area contributed by atoms with Crippen molar-refractivity contribution in [3.63, 3.8) is 0 Å². The van der Waals surface area contributed by atoms with Crippen molar-refractivity contribution in [2.45, 2.75) is 19.3 Å². The molecule has 26 heavy (non-hydrogen) atoms. The summed E-state index contributed by atoms with van der Waals surface area (Å²) in [4.78, 5) is 37.8. The fraction of sp³-hybridized carbons (Fsp3) is 0.529. The number of carboxylic acids is 1. The lowest BCUT2D eigenvalue weighted by atomic mass is 9.81. The number of nitrogens with zero attached hydrogens (tertiary/aromatic N) is 3. The minimum absolute atomic E-state index is 0. The van der Waals surface area contributed by atoms with Crippen LogP contribution in [0.1, 0.15) is 19.3 Å². The zero-order valence-electron chi connectivity index (χ0n) is 14.5. The van der Waals surface area contributed by atoms with E-state index >= 15 is 0 Å². The third-order valence-electron chi connectivity index (χ3n) is 5.55. The Hall–Kier alpha value is -2.19. The molecule has 1 aromatic carbocycles. The lowest BCUT2D eigenvalue weighted by Crippen LogP contribution is -2.40. The van der Waals surface area contributed by atoms with Crippen molar-refractivity contribution in [3.05, 3.63) is 34.4 Å². The van der Waals surface area contributed by atoms with Crippen LogP contribution in [-0.4, -0.2) is 53.5 Å². The minimum atomic E-state index is -0.756. The molecule has 2 aliphatic rings. The number of halogens is 1. The van der Waals surface area contributed by atoms with E-state index in [4.69, 9.17) is 0 Å². The summed E-state index contributed by atoms with van der Waals surface area (Å²) in [6.45, 7) is 1.19. The van der Waals surface area contributed by atoms with Crippen LogP contribution in [0.4, 0.5) is 11.4 Å². The molecule has 3 rings (SSSR count). The smallest absolute Gasteiger partial charge is 0.311 e. The van der Waals surface area contributed by atoms with E-state index in [1.54, 1.807) is 7.05 Å². The highest BCUT2D eigenvalue weighted by atomic mass is 35.5. The van der Waals surface area contributed by atoms with E-state index in [9.17, 15) is 24.8 Å². The highest BCUT2D eigenvalue weighted by molar-refractivity contribution is 5.94. The van der Waals surface area contributed by atoms with Gasteiger partial charge in [0.25, 0.3) is 5.69 Å². The number of benzene rings is 1. The summed E-state index contributed by atoms with van der Waals surface area (Å²) in [6, 6.07) is 5.79. The average molecular weight is 384 g/mol. The van der Waals surface area contributed by atoms with Gasteiger partial charge in [-0.05, 0) is 30.9 Å². The molecule has 0 spiro atoms. The van der Waals surface area contributed by atoms with Gasteiger partial charge in [0, 0.05) is 38.0 Å². The predicted octanol–water partition coefficient (Wildman–Crippen LogP) is 2.17. The van der Waals surface area contributed by atoms with E-state index in [1.165, 1.54) is 29.2 Å². The van der Waals surface area contributed by atoms with Gasteiger partial charge in [0.1, 0.15) is 0 Å². The molecule has 1 aliphatic carbocycles. The number of nitro benzene ring substituents is 1. The monoisotopic (exact) mass is 383 g/mol. The van der Waals surface area contributed by atoms with Crippen molar-refractivity contribution in [2.75, 3.05) is 31.6 Å². The molecule has 2 atom stereocenters. The van der Waals surface area contributed by atoms with Gasteiger partial charge in [-0.3, -0.25) is 24.6 Å². The first kappa shape index (κ1) is 20.1. The maximum atomic E-state index is 12.5. The molecule has 1 heterocycles. The van der Waals surface area contributed by atoms with E-state index in [0.717, 1.165) is 12.8 Å². The van der Waals surface area contributed by atoms with Crippen molar-refractivity contribution >= 4 is 35.7 Å². The molecular formula is C17H22ClN3O5. The molecule has 9 heteroatoms. The molecule has 142 valence electrons. The van der Waals surface area contributed by atoms with Gasteiger partial charge < -0.3 is 10.0 Å². The fourth-order valence-corrected chi connectivity index (χ4v) is 4.10. The van der Waals surface area contributed by atoms with Crippen LogP contribution in [0.25, 0.3) is 0 Å². The second-order valence-electron chi connectivity index (χ2n) is 6.95. The summed E-state index contributed by atoms with van der Waals surface area (Å²) in [5, 5.41) is 20.3. The number of rotatable bonds is 5. The van der Waals surface area contributed by atoms with E-state index in [2.05, 4.69) is 0 Å². The zero-order valence-corrected chi connectivity index (χ0v) is 15.3. The highest BCUT2D eigenvalue weighted by Crippen LogP contribution is 2.48. The van der Waals surface area contributed by atoms with Crippen LogP contribution in [0.2, 0.25) is 0 Å². The maximum absolute atomic E-state index is 12.5. The first-order valence-electron chi connectivity index (χ1n) is 8.30. The molecule has 8 nitrogen and oxygen atoms in total. The Morgan fingerprint density at radius 1 is 1.38 bits per heavy atom. The van der Waals surface area contributed by atoms with Gasteiger partial charge in [0.05, 0.1) is 16.9 Å². The van der Waals surface area contributed by atoms with Gasteiger partial charge in [-0.25, -0.2) is 0 Å². The number of carbonyl (C=O) groups is 2. The number of hydrogen-bond acceptors (Lipinski definition) is 5. The number of nitro groups is 1. The van der Waals surface area contributed by atoms with Crippen LogP contribution in [0.5, 0.6) is 0 Å². The molecular weight excluding hydrogens is 362 g/mol. The number of non-ortho nitro benzene ring substituents is 1. The number of carbonyl (C=O) groups excluding carboxylic acids is 1. The molecule has 0 unspecified atom stereocenters. The van der Waals surface area contributed by atoms with Crippen molar-refractivity contribution in [1.29, 1.82) is 0 Å². The van der Waals surface area contributed by atoms with Crippen molar-refractivity contribution in [3.8, 4) is 0 Å². The number of likely N-dealkylation sites (N-methyl/N-ethyl adjacent to an activating group) is 1. The van der Waals surface area contributed by atoms with Crippen molar-refractivity contribution in [1.82, 2.24) is 4.90 Å². The quantitative estimate of drug-likeness (QED) is 0.617.